The number of carboxylic acids is 1. The van der Waals surface area contributed by atoms with Crippen LogP contribution in [0.15, 0.2) is 22.6 Å². The van der Waals surface area contributed by atoms with Gasteiger partial charge in [-0.15, -0.1) is 11.8 Å². The van der Waals surface area contributed by atoms with Crippen molar-refractivity contribution in [2.24, 2.45) is 0 Å². The lowest BCUT2D eigenvalue weighted by Crippen LogP contribution is -2.32. The van der Waals surface area contributed by atoms with Gasteiger partial charge in [0.05, 0.1) is 5.57 Å². The van der Waals surface area contributed by atoms with E-state index in [2.05, 4.69) is 0 Å². The van der Waals surface area contributed by atoms with Crippen molar-refractivity contribution in [1.82, 2.24) is 0 Å². The average Bonchev–Trinajstić information content (AvgIpc) is 2.25. The van der Waals surface area contributed by atoms with Crippen LogP contribution in [0.1, 0.15) is 16.7 Å². The molecule has 1 unspecified atom stereocenters. The van der Waals surface area contributed by atoms with Gasteiger partial charge in [-0.25, -0.2) is 4.79 Å². The highest BCUT2D eigenvalue weighted by molar-refractivity contribution is 8.00. The number of alkyl halides is 3. The van der Waals surface area contributed by atoms with Crippen LogP contribution >= 0.6 is 11.8 Å². The molecule has 1 aliphatic rings. The Balaban J connectivity index is 2.61. The van der Waals surface area contributed by atoms with Crippen LogP contribution in [0.3, 0.4) is 0 Å². The van der Waals surface area contributed by atoms with Gasteiger partial charge >= 0.3 is 12.1 Å². The van der Waals surface area contributed by atoms with Gasteiger partial charge in [0.2, 0.25) is 0 Å². The summed E-state index contributed by atoms with van der Waals surface area (Å²) in [5.41, 5.74) is 1.55. The minimum absolute atomic E-state index is 0.498. The minimum Gasteiger partial charge on any atom is -0.478 e. The van der Waals surface area contributed by atoms with Gasteiger partial charge in [0.1, 0.15) is 5.25 Å². The van der Waals surface area contributed by atoms with Crippen LogP contribution in [0.5, 0.6) is 0 Å². The van der Waals surface area contributed by atoms with Crippen LogP contribution in [-0.2, 0) is 4.79 Å². The lowest BCUT2D eigenvalue weighted by atomic mass is 10.0. The van der Waals surface area contributed by atoms with Crippen molar-refractivity contribution in [2.75, 3.05) is 0 Å². The maximum Gasteiger partial charge on any atom is 0.405 e. The fourth-order valence-electron chi connectivity index (χ4n) is 2.10. The van der Waals surface area contributed by atoms with Crippen molar-refractivity contribution in [1.29, 1.82) is 0 Å². The second kappa shape index (κ2) is 4.59. The van der Waals surface area contributed by atoms with E-state index in [0.717, 1.165) is 17.2 Å². The molecule has 1 N–H and O–H groups in total. The molecule has 1 atom stereocenters. The molecule has 0 aromatic heterocycles. The van der Waals surface area contributed by atoms with E-state index in [1.807, 2.05) is 6.92 Å². The molecule has 2 rings (SSSR count). The first-order valence-corrected chi connectivity index (χ1v) is 6.37. The number of hydrogen-bond acceptors (Lipinski definition) is 2. The SMILES string of the molecule is Cc1cc(C)c2c(c1)C=C(C(=O)O)C(C(F)(F)F)S2. The topological polar surface area (TPSA) is 37.3 Å². The predicted octanol–water partition coefficient (Wildman–Crippen LogP) is 3.81. The number of halogens is 3. The van der Waals surface area contributed by atoms with Crippen LogP contribution in [0.4, 0.5) is 13.2 Å². The quantitative estimate of drug-likeness (QED) is 0.854. The maximum absolute atomic E-state index is 12.9. The number of hydrogen-bond donors (Lipinski definition) is 1. The summed E-state index contributed by atoms with van der Waals surface area (Å²) in [6.07, 6.45) is -3.45. The molecule has 102 valence electrons. The molecule has 0 bridgehead atoms. The Labute approximate surface area is 112 Å². The monoisotopic (exact) mass is 288 g/mol. The molecule has 0 saturated carbocycles. The van der Waals surface area contributed by atoms with Crippen LogP contribution in [0, 0.1) is 13.8 Å². The molecular weight excluding hydrogens is 277 g/mol. The molecule has 0 fully saturated rings. The summed E-state index contributed by atoms with van der Waals surface area (Å²) >= 11 is 0.562. The van der Waals surface area contributed by atoms with Crippen molar-refractivity contribution in [3.63, 3.8) is 0 Å². The summed E-state index contributed by atoms with van der Waals surface area (Å²) in [7, 11) is 0. The third kappa shape index (κ3) is 2.63. The van der Waals surface area contributed by atoms with Gasteiger partial charge in [-0.05, 0) is 31.1 Å². The third-order valence-electron chi connectivity index (χ3n) is 2.82. The zero-order valence-corrected chi connectivity index (χ0v) is 11.0. The molecule has 0 aliphatic carbocycles. The van der Waals surface area contributed by atoms with Crippen molar-refractivity contribution in [2.45, 2.75) is 30.2 Å². The smallest absolute Gasteiger partial charge is 0.405 e. The molecule has 0 spiro atoms. The lowest BCUT2D eigenvalue weighted by Gasteiger charge is -2.26. The largest absolute Gasteiger partial charge is 0.478 e. The number of carbonyl (C=O) groups is 1. The molecule has 0 saturated heterocycles. The van der Waals surface area contributed by atoms with Crippen molar-refractivity contribution < 1.29 is 23.1 Å². The number of rotatable bonds is 1. The fraction of sp³-hybridized carbons (Fsp3) is 0.308. The fourth-order valence-corrected chi connectivity index (χ4v) is 3.26. The predicted molar refractivity (Wildman–Crippen MR) is 67.2 cm³/mol. The van der Waals surface area contributed by atoms with E-state index < -0.39 is 23.0 Å². The molecule has 0 amide bonds. The second-order valence-electron chi connectivity index (χ2n) is 4.44. The Hall–Kier alpha value is -1.43. The van der Waals surface area contributed by atoms with Gasteiger partial charge < -0.3 is 5.11 Å². The van der Waals surface area contributed by atoms with E-state index in [1.165, 1.54) is 0 Å². The number of carboxylic acid groups (broad SMARTS) is 1. The Morgan fingerprint density at radius 3 is 2.47 bits per heavy atom. The number of aliphatic carboxylic acids is 1. The summed E-state index contributed by atoms with van der Waals surface area (Å²) in [6, 6.07) is 3.49. The van der Waals surface area contributed by atoms with Gasteiger partial charge in [-0.2, -0.15) is 13.2 Å². The van der Waals surface area contributed by atoms with E-state index in [9.17, 15) is 18.0 Å². The first-order chi connectivity index (χ1) is 8.70. The summed E-state index contributed by atoms with van der Waals surface area (Å²) in [6.45, 7) is 3.55. The zero-order chi connectivity index (χ0) is 14.4. The number of benzene rings is 1. The zero-order valence-electron chi connectivity index (χ0n) is 10.2. The molecule has 1 heterocycles. The van der Waals surface area contributed by atoms with E-state index in [0.29, 0.717) is 22.2 Å². The Bertz CT molecular complexity index is 576. The van der Waals surface area contributed by atoms with E-state index in [-0.39, 0.29) is 0 Å². The Morgan fingerprint density at radius 1 is 1.32 bits per heavy atom. The molecule has 0 radical (unpaired) electrons. The van der Waals surface area contributed by atoms with E-state index in [1.54, 1.807) is 19.1 Å². The minimum atomic E-state index is -4.58. The highest BCUT2D eigenvalue weighted by atomic mass is 32.2. The van der Waals surface area contributed by atoms with Crippen molar-refractivity contribution in [3.8, 4) is 0 Å². The first kappa shape index (κ1) is 14.0. The van der Waals surface area contributed by atoms with Crippen LogP contribution < -0.4 is 0 Å². The van der Waals surface area contributed by atoms with E-state index in [4.69, 9.17) is 5.11 Å². The van der Waals surface area contributed by atoms with Crippen LogP contribution in [-0.4, -0.2) is 22.5 Å². The lowest BCUT2D eigenvalue weighted by molar-refractivity contribution is -0.140. The average molecular weight is 288 g/mol. The summed E-state index contributed by atoms with van der Waals surface area (Å²) < 4.78 is 38.8. The second-order valence-corrected chi connectivity index (χ2v) is 5.56. The summed E-state index contributed by atoms with van der Waals surface area (Å²) in [5, 5.41) is 6.94. The van der Waals surface area contributed by atoms with Gasteiger partial charge in [-0.1, -0.05) is 17.7 Å². The normalized spacial score (nSPS) is 18.8. The molecule has 1 aliphatic heterocycles. The highest BCUT2D eigenvalue weighted by Gasteiger charge is 2.47. The number of fused-ring (bicyclic) bond motifs is 1. The van der Waals surface area contributed by atoms with Crippen LogP contribution in [0.25, 0.3) is 6.08 Å². The van der Waals surface area contributed by atoms with Gasteiger partial charge in [0.25, 0.3) is 0 Å². The Morgan fingerprint density at radius 2 is 1.95 bits per heavy atom. The summed E-state index contributed by atoms with van der Waals surface area (Å²) in [5.74, 6) is -1.53. The molecule has 6 heteroatoms. The molecule has 1 aromatic rings. The first-order valence-electron chi connectivity index (χ1n) is 5.49. The van der Waals surface area contributed by atoms with Crippen molar-refractivity contribution in [3.05, 3.63) is 34.4 Å². The van der Waals surface area contributed by atoms with E-state index >= 15 is 0 Å². The molecule has 19 heavy (non-hydrogen) atoms. The summed E-state index contributed by atoms with van der Waals surface area (Å²) in [4.78, 5) is 11.5. The van der Waals surface area contributed by atoms with Crippen LogP contribution in [0.2, 0.25) is 0 Å². The van der Waals surface area contributed by atoms with Crippen molar-refractivity contribution >= 4 is 23.8 Å². The molecule has 2 nitrogen and oxygen atoms in total. The van der Waals surface area contributed by atoms with Gasteiger partial charge in [-0.3, -0.25) is 0 Å². The Kier molecular flexibility index (Phi) is 3.38. The molecular formula is C13H11F3O2S. The highest BCUT2D eigenvalue weighted by Crippen LogP contribution is 2.46. The maximum atomic E-state index is 12.9. The number of thioether (sulfide) groups is 1. The standard InChI is InChI=1S/C13H11F3O2S/c1-6-3-7(2)10-8(4-6)5-9(12(17)18)11(19-10)13(14,15)16/h3-5,11H,1-2H3,(H,17,18). The number of aryl methyl sites for hydroxylation is 2. The molecule has 1 aromatic carbocycles. The third-order valence-corrected chi connectivity index (χ3v) is 4.37. The van der Waals surface area contributed by atoms with Gasteiger partial charge in [0.15, 0.2) is 0 Å². The van der Waals surface area contributed by atoms with Gasteiger partial charge in [0, 0.05) is 4.90 Å².